The Morgan fingerprint density at radius 1 is 1.89 bits per heavy atom. The normalized spacial score (nSPS) is 34.6. The summed E-state index contributed by atoms with van der Waals surface area (Å²) in [6.07, 6.45) is 0.868. The molecule has 3 heteroatoms. The molecule has 0 spiro atoms. The highest BCUT2D eigenvalue weighted by molar-refractivity contribution is 4.66. The maximum Gasteiger partial charge on any atom is 0.0642 e. The van der Waals surface area contributed by atoms with E-state index in [-0.39, 0.29) is 6.61 Å². The van der Waals surface area contributed by atoms with Crippen molar-refractivity contribution >= 4 is 0 Å². The molecule has 0 aromatic rings. The minimum Gasteiger partial charge on any atom is -0.395 e. The second-order valence-electron chi connectivity index (χ2n) is 2.06. The van der Waals surface area contributed by atoms with Crippen molar-refractivity contribution in [2.24, 2.45) is 0 Å². The summed E-state index contributed by atoms with van der Waals surface area (Å²) >= 11 is 0. The second-order valence-corrected chi connectivity index (χ2v) is 2.06. The van der Waals surface area contributed by atoms with Crippen molar-refractivity contribution in [3.63, 3.8) is 0 Å². The van der Waals surface area contributed by atoms with Crippen molar-refractivity contribution in [3.8, 4) is 0 Å². The maximum atomic E-state index is 8.96. The summed E-state index contributed by atoms with van der Waals surface area (Å²) in [5, 5.41) is 11.8. The molecular formula is C6H13NO2. The van der Waals surface area contributed by atoms with Crippen molar-refractivity contribution in [2.75, 3.05) is 26.3 Å². The lowest BCUT2D eigenvalue weighted by Crippen LogP contribution is -2.34. The molecule has 0 amide bonds. The highest BCUT2D eigenvalue weighted by Crippen LogP contribution is 1.92. The van der Waals surface area contributed by atoms with E-state index in [1.807, 2.05) is 0 Å². The monoisotopic (exact) mass is 133 g/mol. The van der Waals surface area contributed by atoms with Crippen LogP contribution in [0.4, 0.5) is 0 Å². The first-order chi connectivity index (χ1) is 5.11. The van der Waals surface area contributed by atoms with Crippen molar-refractivity contribution < 1.29 is 12.6 Å². The van der Waals surface area contributed by atoms with Crippen LogP contribution in [-0.4, -0.2) is 37.5 Å². The molecular weight excluding hydrogens is 118 g/mol. The summed E-state index contributed by atoms with van der Waals surface area (Å²) in [6, 6.07) is -0.593. The van der Waals surface area contributed by atoms with Gasteiger partial charge in [-0.1, -0.05) is 0 Å². The van der Waals surface area contributed by atoms with Crippen LogP contribution in [0.3, 0.4) is 0 Å². The highest BCUT2D eigenvalue weighted by Gasteiger charge is 2.08. The Bertz CT molecular complexity index is 118. The van der Waals surface area contributed by atoms with Gasteiger partial charge in [-0.25, -0.2) is 0 Å². The fourth-order valence-electron chi connectivity index (χ4n) is 0.794. The quantitative estimate of drug-likeness (QED) is 0.500. The summed E-state index contributed by atoms with van der Waals surface area (Å²) in [5.74, 6) is 0. The first kappa shape index (κ1) is 4.66. The Balaban J connectivity index is 2.43. The van der Waals surface area contributed by atoms with E-state index in [4.69, 9.17) is 12.6 Å². The zero-order chi connectivity index (χ0) is 8.32. The minimum atomic E-state index is -2.18. The molecule has 0 radical (unpaired) electrons. The molecule has 9 heavy (non-hydrogen) atoms. The highest BCUT2D eigenvalue weighted by atomic mass is 16.5. The molecule has 0 saturated carbocycles. The standard InChI is InChI=1S/C6H13NO2/c8-4-6-5-9-3-1-2-7-6/h6-8H,1-5H2/t6-/m1/s1/i4D2. The van der Waals surface area contributed by atoms with Gasteiger partial charge in [-0.3, -0.25) is 0 Å². The summed E-state index contributed by atoms with van der Waals surface area (Å²) in [6.45, 7) is -0.599. The molecule has 0 aliphatic carbocycles. The van der Waals surface area contributed by atoms with Crippen LogP contribution in [0.25, 0.3) is 0 Å². The zero-order valence-electron chi connectivity index (χ0n) is 7.26. The third-order valence-electron chi connectivity index (χ3n) is 1.30. The van der Waals surface area contributed by atoms with Crippen LogP contribution >= 0.6 is 0 Å². The van der Waals surface area contributed by atoms with E-state index in [9.17, 15) is 0 Å². The van der Waals surface area contributed by atoms with Gasteiger partial charge in [0.15, 0.2) is 0 Å². The van der Waals surface area contributed by atoms with Gasteiger partial charge < -0.3 is 15.2 Å². The van der Waals surface area contributed by atoms with Crippen molar-refractivity contribution in [2.45, 2.75) is 12.5 Å². The average molecular weight is 133 g/mol. The Morgan fingerprint density at radius 2 is 2.78 bits per heavy atom. The predicted octanol–water partition coefficient (Wildman–Crippen LogP) is -0.643. The van der Waals surface area contributed by atoms with Gasteiger partial charge in [-0.05, 0) is 13.0 Å². The van der Waals surface area contributed by atoms with E-state index in [1.54, 1.807) is 0 Å². The Kier molecular flexibility index (Phi) is 1.98. The third kappa shape index (κ3) is 2.30. The molecule has 1 heterocycles. The largest absolute Gasteiger partial charge is 0.395 e. The van der Waals surface area contributed by atoms with Gasteiger partial charge >= 0.3 is 0 Å². The lowest BCUT2D eigenvalue weighted by molar-refractivity contribution is 0.109. The van der Waals surface area contributed by atoms with E-state index in [0.29, 0.717) is 13.2 Å². The van der Waals surface area contributed by atoms with Crippen LogP contribution in [0, 0.1) is 0 Å². The summed E-state index contributed by atoms with van der Waals surface area (Å²) in [4.78, 5) is 0. The number of nitrogens with one attached hydrogen (secondary N) is 1. The molecule has 1 aliphatic heterocycles. The fourth-order valence-corrected chi connectivity index (χ4v) is 0.794. The molecule has 1 fully saturated rings. The zero-order valence-corrected chi connectivity index (χ0v) is 5.26. The van der Waals surface area contributed by atoms with E-state index in [0.717, 1.165) is 6.42 Å². The van der Waals surface area contributed by atoms with E-state index in [2.05, 4.69) is 5.32 Å². The average Bonchev–Trinajstić information content (AvgIpc) is 2.10. The first-order valence-electron chi connectivity index (χ1n) is 4.14. The number of aliphatic hydroxyl groups is 1. The lowest BCUT2D eigenvalue weighted by atomic mass is 10.3. The second kappa shape index (κ2) is 3.82. The molecule has 0 bridgehead atoms. The van der Waals surface area contributed by atoms with Gasteiger partial charge in [0.25, 0.3) is 0 Å². The topological polar surface area (TPSA) is 41.5 Å². The molecule has 0 unspecified atom stereocenters. The van der Waals surface area contributed by atoms with Crippen LogP contribution in [0.1, 0.15) is 9.16 Å². The molecule has 1 atom stereocenters. The van der Waals surface area contributed by atoms with Gasteiger partial charge in [0.2, 0.25) is 0 Å². The van der Waals surface area contributed by atoms with E-state index >= 15 is 0 Å². The number of hydrogen-bond donors (Lipinski definition) is 2. The first-order valence-corrected chi connectivity index (χ1v) is 3.14. The Morgan fingerprint density at radius 3 is 3.56 bits per heavy atom. The fraction of sp³-hybridized carbons (Fsp3) is 1.00. The maximum absolute atomic E-state index is 8.96. The van der Waals surface area contributed by atoms with Crippen molar-refractivity contribution in [1.82, 2.24) is 5.32 Å². The van der Waals surface area contributed by atoms with Gasteiger partial charge in [-0.2, -0.15) is 0 Å². The van der Waals surface area contributed by atoms with Gasteiger partial charge in [-0.15, -0.1) is 0 Å². The van der Waals surface area contributed by atoms with Crippen LogP contribution in [-0.2, 0) is 4.74 Å². The Hall–Kier alpha value is -0.120. The predicted molar refractivity (Wildman–Crippen MR) is 34.3 cm³/mol. The number of ether oxygens (including phenoxy) is 1. The van der Waals surface area contributed by atoms with Crippen LogP contribution < -0.4 is 5.32 Å². The molecule has 1 rings (SSSR count). The molecule has 0 aromatic carbocycles. The van der Waals surface area contributed by atoms with Crippen LogP contribution in [0.5, 0.6) is 0 Å². The lowest BCUT2D eigenvalue weighted by Gasteiger charge is -2.09. The number of hydrogen-bond acceptors (Lipinski definition) is 3. The summed E-state index contributed by atoms with van der Waals surface area (Å²) < 4.78 is 19.1. The number of rotatable bonds is 1. The van der Waals surface area contributed by atoms with E-state index < -0.39 is 12.6 Å². The molecule has 2 N–H and O–H groups in total. The van der Waals surface area contributed by atoms with Crippen molar-refractivity contribution in [1.29, 1.82) is 0 Å². The molecule has 1 saturated heterocycles. The SMILES string of the molecule is [2H]C([2H])(O)[C@@H]1COCCCN1. The molecule has 3 nitrogen and oxygen atoms in total. The minimum absolute atomic E-state index is 0.240. The van der Waals surface area contributed by atoms with E-state index in [1.165, 1.54) is 0 Å². The van der Waals surface area contributed by atoms with Gasteiger partial charge in [0, 0.05) is 6.61 Å². The molecule has 1 aliphatic rings. The van der Waals surface area contributed by atoms with Crippen LogP contribution in [0.15, 0.2) is 0 Å². The smallest absolute Gasteiger partial charge is 0.0642 e. The molecule has 0 aromatic heterocycles. The van der Waals surface area contributed by atoms with Gasteiger partial charge in [0.05, 0.1) is 21.9 Å². The van der Waals surface area contributed by atoms with Gasteiger partial charge in [0.1, 0.15) is 0 Å². The third-order valence-corrected chi connectivity index (χ3v) is 1.30. The summed E-state index contributed by atoms with van der Waals surface area (Å²) in [5.41, 5.74) is 0. The Labute approximate surface area is 57.8 Å². The van der Waals surface area contributed by atoms with Crippen LogP contribution in [0.2, 0.25) is 0 Å². The molecule has 54 valence electrons. The summed E-state index contributed by atoms with van der Waals surface area (Å²) in [7, 11) is 0. The van der Waals surface area contributed by atoms with Crippen molar-refractivity contribution in [3.05, 3.63) is 0 Å².